The number of rotatable bonds is 3. The van der Waals surface area contributed by atoms with Crippen molar-refractivity contribution >= 4 is 5.97 Å². The topological polar surface area (TPSA) is 37.3 Å². The summed E-state index contributed by atoms with van der Waals surface area (Å²) in [6.45, 7) is 14.5. The molecule has 0 saturated carbocycles. The molecule has 1 N–H and O–H groups in total. The van der Waals surface area contributed by atoms with Crippen molar-refractivity contribution < 1.29 is 9.90 Å². The van der Waals surface area contributed by atoms with Gasteiger partial charge in [-0.2, -0.15) is 0 Å². The molecule has 0 rings (SSSR count). The molecule has 0 fully saturated rings. The van der Waals surface area contributed by atoms with Gasteiger partial charge in [-0.05, 0) is 12.3 Å². The van der Waals surface area contributed by atoms with Crippen molar-refractivity contribution in [2.24, 2.45) is 11.8 Å². The fourth-order valence-electron chi connectivity index (χ4n) is 0.175. The van der Waals surface area contributed by atoms with Crippen LogP contribution in [0.5, 0.6) is 0 Å². The molecule has 94 valence electrons. The van der Waals surface area contributed by atoms with Gasteiger partial charge in [0.15, 0.2) is 0 Å². The van der Waals surface area contributed by atoms with E-state index in [2.05, 4.69) is 34.6 Å². The van der Waals surface area contributed by atoms with Crippen molar-refractivity contribution in [3.05, 3.63) is 0 Å². The van der Waals surface area contributed by atoms with Crippen LogP contribution >= 0.6 is 0 Å². The van der Waals surface area contributed by atoms with Crippen molar-refractivity contribution in [3.63, 3.8) is 0 Å². The fraction of sp³-hybridized carbons (Fsp3) is 0.923. The summed E-state index contributed by atoms with van der Waals surface area (Å²) in [6, 6.07) is 0. The molecular weight excluding hydrogens is 188 g/mol. The van der Waals surface area contributed by atoms with E-state index in [1.807, 2.05) is 6.92 Å². The van der Waals surface area contributed by atoms with Gasteiger partial charge in [-0.25, -0.2) is 0 Å². The van der Waals surface area contributed by atoms with Crippen LogP contribution in [0, 0.1) is 11.8 Å². The van der Waals surface area contributed by atoms with Crippen LogP contribution in [0.25, 0.3) is 0 Å². The van der Waals surface area contributed by atoms with E-state index in [0.717, 1.165) is 12.3 Å². The summed E-state index contributed by atoms with van der Waals surface area (Å²) in [5.41, 5.74) is 0. The maximum atomic E-state index is 9.93. The lowest BCUT2D eigenvalue weighted by Gasteiger charge is -1.96. The molecule has 0 radical (unpaired) electrons. The Hall–Kier alpha value is -0.530. The monoisotopic (exact) mass is 218 g/mol. The average Bonchev–Trinajstić information content (AvgIpc) is 2.18. The third-order valence-electron chi connectivity index (χ3n) is 1.85. The summed E-state index contributed by atoms with van der Waals surface area (Å²) >= 11 is 0. The van der Waals surface area contributed by atoms with Crippen LogP contribution in [-0.4, -0.2) is 11.1 Å². The zero-order valence-corrected chi connectivity index (χ0v) is 11.6. The average molecular weight is 218 g/mol. The van der Waals surface area contributed by atoms with Crippen molar-refractivity contribution in [1.29, 1.82) is 0 Å². The van der Waals surface area contributed by atoms with Crippen LogP contribution in [0.4, 0.5) is 0 Å². The molecule has 0 aromatic rings. The largest absolute Gasteiger partial charge is 0.481 e. The minimum atomic E-state index is -0.706. The first-order chi connectivity index (χ1) is 6.87. The van der Waals surface area contributed by atoms with E-state index >= 15 is 0 Å². The van der Waals surface area contributed by atoms with Crippen molar-refractivity contribution in [1.82, 2.24) is 0 Å². The Labute approximate surface area is 96.1 Å². The first-order valence-corrected chi connectivity index (χ1v) is 6.09. The fourth-order valence-corrected chi connectivity index (χ4v) is 0.175. The van der Waals surface area contributed by atoms with Crippen LogP contribution in [0.2, 0.25) is 0 Å². The Kier molecular flexibility index (Phi) is 21.2. The van der Waals surface area contributed by atoms with E-state index in [1.54, 1.807) is 6.92 Å². The highest BCUT2D eigenvalue weighted by atomic mass is 16.4. The predicted octanol–water partition coefficient (Wildman–Crippen LogP) is 4.59. The SMILES string of the molecule is CCC.CCC(C)C.CCC(C)C(=O)O. The summed E-state index contributed by atoms with van der Waals surface area (Å²) in [6.07, 6.45) is 3.27. The number of carboxylic acids is 1. The van der Waals surface area contributed by atoms with E-state index < -0.39 is 5.97 Å². The van der Waals surface area contributed by atoms with E-state index in [0.29, 0.717) is 0 Å². The zero-order valence-electron chi connectivity index (χ0n) is 11.6. The first-order valence-electron chi connectivity index (χ1n) is 6.09. The molecule has 2 nitrogen and oxygen atoms in total. The number of carboxylic acid groups (broad SMARTS) is 1. The van der Waals surface area contributed by atoms with E-state index in [9.17, 15) is 4.79 Å². The lowest BCUT2D eigenvalue weighted by Crippen LogP contribution is -2.06. The number of hydrogen-bond acceptors (Lipinski definition) is 1. The molecule has 0 heterocycles. The summed E-state index contributed by atoms with van der Waals surface area (Å²) in [4.78, 5) is 9.93. The Bertz CT molecular complexity index is 120. The van der Waals surface area contributed by atoms with Crippen LogP contribution in [0.3, 0.4) is 0 Å². The predicted molar refractivity (Wildman–Crippen MR) is 68.2 cm³/mol. The second kappa shape index (κ2) is 15.9. The Morgan fingerprint density at radius 1 is 1.00 bits per heavy atom. The van der Waals surface area contributed by atoms with Crippen molar-refractivity contribution in [2.75, 3.05) is 0 Å². The molecule has 0 amide bonds. The number of carbonyl (C=O) groups is 1. The van der Waals surface area contributed by atoms with Gasteiger partial charge in [-0.3, -0.25) is 4.79 Å². The standard InChI is InChI=1S/C5H10O2.C5H12.C3H8/c1-3-4(2)5(6)7;1-4-5(2)3;1-3-2/h4H,3H2,1-2H3,(H,6,7);5H,4H2,1-3H3;3H2,1-2H3. The van der Waals surface area contributed by atoms with Crippen molar-refractivity contribution in [3.8, 4) is 0 Å². The third-order valence-corrected chi connectivity index (χ3v) is 1.85. The van der Waals surface area contributed by atoms with Gasteiger partial charge >= 0.3 is 5.97 Å². The Morgan fingerprint density at radius 2 is 1.27 bits per heavy atom. The molecule has 0 saturated heterocycles. The second-order valence-corrected chi connectivity index (χ2v) is 4.16. The number of hydrogen-bond donors (Lipinski definition) is 1. The molecule has 2 heteroatoms. The highest BCUT2D eigenvalue weighted by molar-refractivity contribution is 5.69. The molecule has 15 heavy (non-hydrogen) atoms. The third kappa shape index (κ3) is 31.8. The summed E-state index contributed by atoms with van der Waals surface area (Å²) in [7, 11) is 0. The lowest BCUT2D eigenvalue weighted by atomic mass is 10.1. The molecule has 0 aromatic heterocycles. The number of aliphatic carboxylic acids is 1. The van der Waals surface area contributed by atoms with Crippen LogP contribution in [-0.2, 0) is 4.79 Å². The molecule has 0 bridgehead atoms. The highest BCUT2D eigenvalue weighted by Gasteiger charge is 2.05. The van der Waals surface area contributed by atoms with Gasteiger partial charge < -0.3 is 5.11 Å². The maximum Gasteiger partial charge on any atom is 0.306 e. The first kappa shape index (κ1) is 20.0. The summed E-state index contributed by atoms with van der Waals surface area (Å²) in [5, 5.41) is 8.18. The van der Waals surface area contributed by atoms with Crippen molar-refractivity contribution in [2.45, 2.75) is 67.7 Å². The molecule has 0 aliphatic carbocycles. The van der Waals surface area contributed by atoms with Gasteiger partial charge in [0.25, 0.3) is 0 Å². The van der Waals surface area contributed by atoms with Gasteiger partial charge in [-0.1, -0.05) is 61.3 Å². The maximum absolute atomic E-state index is 9.93. The van der Waals surface area contributed by atoms with Crippen LogP contribution < -0.4 is 0 Å². The second-order valence-electron chi connectivity index (χ2n) is 4.16. The Morgan fingerprint density at radius 3 is 1.27 bits per heavy atom. The lowest BCUT2D eigenvalue weighted by molar-refractivity contribution is -0.141. The van der Waals surface area contributed by atoms with E-state index in [4.69, 9.17) is 5.11 Å². The quantitative estimate of drug-likeness (QED) is 0.752. The minimum absolute atomic E-state index is 0.181. The summed E-state index contributed by atoms with van der Waals surface area (Å²) < 4.78 is 0. The minimum Gasteiger partial charge on any atom is -0.481 e. The molecule has 0 aliphatic rings. The Balaban J connectivity index is -0.000000158. The van der Waals surface area contributed by atoms with Gasteiger partial charge in [0, 0.05) is 0 Å². The zero-order chi connectivity index (χ0) is 12.9. The molecule has 1 unspecified atom stereocenters. The van der Waals surface area contributed by atoms with Gasteiger partial charge in [0.05, 0.1) is 5.92 Å². The van der Waals surface area contributed by atoms with Gasteiger partial charge in [0.2, 0.25) is 0 Å². The van der Waals surface area contributed by atoms with Crippen LogP contribution in [0.15, 0.2) is 0 Å². The highest BCUT2D eigenvalue weighted by Crippen LogP contribution is 1.97. The molecule has 0 aromatic carbocycles. The van der Waals surface area contributed by atoms with Gasteiger partial charge in [-0.15, -0.1) is 0 Å². The molecule has 0 spiro atoms. The summed E-state index contributed by atoms with van der Waals surface area (Å²) in [5.74, 6) is -0.00231. The normalized spacial score (nSPS) is 10.7. The smallest absolute Gasteiger partial charge is 0.306 e. The van der Waals surface area contributed by atoms with E-state index in [1.165, 1.54) is 12.8 Å². The molecular formula is C13H30O2. The van der Waals surface area contributed by atoms with Crippen LogP contribution in [0.1, 0.15) is 67.7 Å². The van der Waals surface area contributed by atoms with E-state index in [-0.39, 0.29) is 5.92 Å². The molecule has 1 atom stereocenters. The van der Waals surface area contributed by atoms with Gasteiger partial charge in [0.1, 0.15) is 0 Å². The molecule has 0 aliphatic heterocycles.